The summed E-state index contributed by atoms with van der Waals surface area (Å²) in [6.07, 6.45) is 0.873. The van der Waals surface area contributed by atoms with Crippen LogP contribution in [0.15, 0.2) is 235 Å². The molecule has 0 saturated carbocycles. The van der Waals surface area contributed by atoms with Gasteiger partial charge in [0.2, 0.25) is 0 Å². The molecule has 12 rings (SSSR count). The molecule has 0 N–H and O–H groups in total. The minimum Gasteiger partial charge on any atom is -0.456 e. The molecule has 0 saturated heterocycles. The van der Waals surface area contributed by atoms with Gasteiger partial charge < -0.3 is 13.9 Å². The van der Waals surface area contributed by atoms with Crippen molar-refractivity contribution in [3.63, 3.8) is 0 Å². The number of furan rings is 1. The van der Waals surface area contributed by atoms with Crippen LogP contribution in [-0.2, 0) is 13.0 Å². The summed E-state index contributed by atoms with van der Waals surface area (Å²) in [7, 11) is 0. The van der Waals surface area contributed by atoms with Crippen molar-refractivity contribution in [1.29, 1.82) is 0 Å². The van der Waals surface area contributed by atoms with E-state index < -0.39 is 0 Å². The second-order valence-corrected chi connectivity index (χ2v) is 16.4. The highest BCUT2D eigenvalue weighted by Gasteiger charge is 2.24. The summed E-state index contributed by atoms with van der Waals surface area (Å²) < 4.78 is 9.26. The highest BCUT2D eigenvalue weighted by Crippen LogP contribution is 2.47. The average Bonchev–Trinajstić information content (AvgIpc) is 3.88. The van der Waals surface area contributed by atoms with E-state index in [9.17, 15) is 0 Å². The van der Waals surface area contributed by atoms with Gasteiger partial charge in [0, 0.05) is 56.8 Å². The number of rotatable bonds is 9. The average molecular weight is 807 g/mol. The first kappa shape index (κ1) is 36.7. The zero-order chi connectivity index (χ0) is 41.7. The molecular weight excluding hydrogens is 765 g/mol. The fraction of sp³-hybridized carbons (Fsp3) is 0.0333. The van der Waals surface area contributed by atoms with E-state index in [0.717, 1.165) is 52.0 Å². The molecule has 2 aromatic heterocycles. The van der Waals surface area contributed by atoms with Gasteiger partial charge in [0.05, 0.1) is 11.0 Å². The summed E-state index contributed by atoms with van der Waals surface area (Å²) in [5.74, 6) is 0. The Morgan fingerprint density at radius 1 is 0.365 bits per heavy atom. The molecule has 0 fully saturated rings. The molecule has 0 unspecified atom stereocenters. The number of para-hydroxylation sites is 1. The number of hydrogen-bond donors (Lipinski definition) is 0. The SMILES string of the molecule is c1ccc(-c2ccc(N(c3ccc(-c4ccccc4)cc3)c3ccc4c5c(-c6ccccc6)c6c(cc5n(CCc5ccc7ccccc7c5)c4c3)oc3ccccc36)cc2)cc1. The summed E-state index contributed by atoms with van der Waals surface area (Å²) >= 11 is 0. The number of nitrogens with zero attached hydrogens (tertiary/aromatic N) is 2. The van der Waals surface area contributed by atoms with Crippen LogP contribution in [0, 0.1) is 0 Å². The fourth-order valence-corrected chi connectivity index (χ4v) is 9.67. The summed E-state index contributed by atoms with van der Waals surface area (Å²) in [5.41, 5.74) is 15.9. The molecule has 12 aromatic rings. The number of fused-ring (bicyclic) bond motifs is 7. The third-order valence-corrected chi connectivity index (χ3v) is 12.7. The molecule has 3 heteroatoms. The topological polar surface area (TPSA) is 21.3 Å². The lowest BCUT2D eigenvalue weighted by atomic mass is 9.94. The maximum atomic E-state index is 6.72. The molecule has 0 atom stereocenters. The number of hydrogen-bond acceptors (Lipinski definition) is 2. The van der Waals surface area contributed by atoms with Gasteiger partial charge in [-0.15, -0.1) is 0 Å². The molecule has 0 aliphatic carbocycles. The van der Waals surface area contributed by atoms with E-state index in [2.05, 4.69) is 240 Å². The van der Waals surface area contributed by atoms with Crippen molar-refractivity contribution >= 4 is 71.6 Å². The van der Waals surface area contributed by atoms with E-state index >= 15 is 0 Å². The zero-order valence-corrected chi connectivity index (χ0v) is 34.7. The van der Waals surface area contributed by atoms with Gasteiger partial charge in [-0.05, 0) is 93.0 Å². The third kappa shape index (κ3) is 6.54. The first-order chi connectivity index (χ1) is 31.2. The van der Waals surface area contributed by atoms with E-state index in [1.54, 1.807) is 0 Å². The second kappa shape index (κ2) is 15.4. The van der Waals surface area contributed by atoms with Crippen molar-refractivity contribution in [2.75, 3.05) is 4.90 Å². The van der Waals surface area contributed by atoms with E-state index in [-0.39, 0.29) is 0 Å². The summed E-state index contributed by atoms with van der Waals surface area (Å²) in [4.78, 5) is 2.39. The molecular formula is C60H42N2O. The normalized spacial score (nSPS) is 11.6. The van der Waals surface area contributed by atoms with Crippen LogP contribution in [0.4, 0.5) is 17.1 Å². The van der Waals surface area contributed by atoms with Gasteiger partial charge in [-0.1, -0.05) is 182 Å². The highest BCUT2D eigenvalue weighted by atomic mass is 16.3. The molecule has 0 radical (unpaired) electrons. The fourth-order valence-electron chi connectivity index (χ4n) is 9.67. The minimum atomic E-state index is 0.791. The van der Waals surface area contributed by atoms with E-state index in [4.69, 9.17) is 4.42 Å². The Bertz CT molecular complexity index is 3500. The smallest absolute Gasteiger partial charge is 0.138 e. The predicted octanol–water partition coefficient (Wildman–Crippen LogP) is 16.6. The Hall–Kier alpha value is -8.14. The maximum absolute atomic E-state index is 6.72. The first-order valence-corrected chi connectivity index (χ1v) is 21.8. The molecule has 298 valence electrons. The highest BCUT2D eigenvalue weighted by molar-refractivity contribution is 6.26. The lowest BCUT2D eigenvalue weighted by Crippen LogP contribution is -2.10. The van der Waals surface area contributed by atoms with Crippen molar-refractivity contribution < 1.29 is 4.42 Å². The number of anilines is 3. The van der Waals surface area contributed by atoms with Crippen LogP contribution in [0.1, 0.15) is 5.56 Å². The standard InChI is InChI=1S/C60H42N2O/c1-4-14-42(15-5-1)45-26-30-49(31-27-45)62(50-32-28-46(29-33-50)43-16-6-2-7-17-43)51-34-35-52-54(39-51)61(37-36-41-24-25-44-18-10-11-21-48(44)38-41)55-40-57-60(53-22-12-13-23-56(53)63-57)58(59(52)55)47-19-8-3-9-20-47/h1-35,38-40H,36-37H2. The van der Waals surface area contributed by atoms with Gasteiger partial charge in [0.25, 0.3) is 0 Å². The van der Waals surface area contributed by atoms with Gasteiger partial charge in [-0.25, -0.2) is 0 Å². The van der Waals surface area contributed by atoms with Crippen molar-refractivity contribution in [3.05, 3.63) is 236 Å². The summed E-state index contributed by atoms with van der Waals surface area (Å²) in [5, 5.41) is 7.27. The molecule has 0 bridgehead atoms. The van der Waals surface area contributed by atoms with Crippen LogP contribution in [0.5, 0.6) is 0 Å². The second-order valence-electron chi connectivity index (χ2n) is 16.4. The Balaban J connectivity index is 1.08. The van der Waals surface area contributed by atoms with Crippen molar-refractivity contribution in [2.45, 2.75) is 13.0 Å². The minimum absolute atomic E-state index is 0.791. The van der Waals surface area contributed by atoms with Crippen LogP contribution in [0.3, 0.4) is 0 Å². The van der Waals surface area contributed by atoms with Crippen LogP contribution < -0.4 is 4.90 Å². The molecule has 0 amide bonds. The molecule has 3 nitrogen and oxygen atoms in total. The molecule has 10 aromatic carbocycles. The van der Waals surface area contributed by atoms with E-state index in [1.165, 1.54) is 71.5 Å². The van der Waals surface area contributed by atoms with Crippen LogP contribution in [0.25, 0.3) is 87.9 Å². The zero-order valence-electron chi connectivity index (χ0n) is 34.7. The van der Waals surface area contributed by atoms with Crippen molar-refractivity contribution in [3.8, 4) is 33.4 Å². The number of benzene rings is 10. The largest absolute Gasteiger partial charge is 0.456 e. The van der Waals surface area contributed by atoms with Crippen molar-refractivity contribution in [2.24, 2.45) is 0 Å². The van der Waals surface area contributed by atoms with Gasteiger partial charge in [-0.3, -0.25) is 0 Å². The predicted molar refractivity (Wildman–Crippen MR) is 265 cm³/mol. The molecule has 0 spiro atoms. The van der Waals surface area contributed by atoms with Crippen molar-refractivity contribution in [1.82, 2.24) is 4.57 Å². The lowest BCUT2D eigenvalue weighted by Gasteiger charge is -2.26. The molecule has 0 aliphatic rings. The van der Waals surface area contributed by atoms with Gasteiger partial charge >= 0.3 is 0 Å². The Morgan fingerprint density at radius 3 is 1.59 bits per heavy atom. The van der Waals surface area contributed by atoms with E-state index in [0.29, 0.717) is 0 Å². The van der Waals surface area contributed by atoms with Gasteiger partial charge in [-0.2, -0.15) is 0 Å². The quantitative estimate of drug-likeness (QED) is 0.145. The monoisotopic (exact) mass is 806 g/mol. The lowest BCUT2D eigenvalue weighted by molar-refractivity contribution is 0.668. The Kier molecular flexibility index (Phi) is 8.97. The first-order valence-electron chi connectivity index (χ1n) is 21.8. The summed E-state index contributed by atoms with van der Waals surface area (Å²) in [6.45, 7) is 0.791. The molecule has 63 heavy (non-hydrogen) atoms. The number of aromatic nitrogens is 1. The molecule has 0 aliphatic heterocycles. The van der Waals surface area contributed by atoms with Crippen LogP contribution >= 0.6 is 0 Å². The Labute approximate surface area is 366 Å². The maximum Gasteiger partial charge on any atom is 0.138 e. The van der Waals surface area contributed by atoms with Crippen LogP contribution in [0.2, 0.25) is 0 Å². The van der Waals surface area contributed by atoms with E-state index in [1.807, 2.05) is 0 Å². The van der Waals surface area contributed by atoms with Gasteiger partial charge in [0.1, 0.15) is 11.2 Å². The third-order valence-electron chi connectivity index (χ3n) is 12.7. The van der Waals surface area contributed by atoms with Crippen LogP contribution in [-0.4, -0.2) is 4.57 Å². The Morgan fingerprint density at radius 2 is 0.921 bits per heavy atom. The van der Waals surface area contributed by atoms with Gasteiger partial charge in [0.15, 0.2) is 0 Å². The number of aryl methyl sites for hydroxylation is 2. The molecule has 2 heterocycles. The summed E-state index contributed by atoms with van der Waals surface area (Å²) in [6, 6.07) is 83.3.